The maximum atomic E-state index is 13.2. The van der Waals surface area contributed by atoms with Gasteiger partial charge in [-0.05, 0) is 31.1 Å². The molecule has 0 aliphatic heterocycles. The van der Waals surface area contributed by atoms with Gasteiger partial charge >= 0.3 is 11.9 Å². The number of nitrogens with two attached hydrogens (primary N) is 2. The molecule has 0 rings (SSSR count). The van der Waals surface area contributed by atoms with E-state index in [1.54, 1.807) is 27.7 Å². The number of Topliss-reactive ketones (excluding diaryl/α,β-unsaturated/α-hetero) is 1. The molecular weight excluding hydrogens is 550 g/mol. The molecule has 0 fully saturated rings. The number of carbonyl (C=O) groups is 6. The SMILES string of the molecule is CCCC[C@H](NC(=O)[C@@H](N)CCCNC(=N)N)C(=O)N[C@@H](CC(=O)O)C(=O)N[C@H](C(=O)CC(C(=O)O)C(C)C)C(C)C. The van der Waals surface area contributed by atoms with Crippen molar-refractivity contribution in [2.75, 3.05) is 6.54 Å². The number of aliphatic carboxylic acids is 2. The summed E-state index contributed by atoms with van der Waals surface area (Å²) in [7, 11) is 0. The number of carbonyl (C=O) groups excluding carboxylic acids is 4. The average Bonchev–Trinajstić information content (AvgIpc) is 2.88. The second-order valence-corrected chi connectivity index (χ2v) is 11.0. The monoisotopic (exact) mass is 599 g/mol. The van der Waals surface area contributed by atoms with E-state index >= 15 is 0 Å². The lowest BCUT2D eigenvalue weighted by Crippen LogP contribution is -2.58. The van der Waals surface area contributed by atoms with Gasteiger partial charge in [0, 0.05) is 13.0 Å². The van der Waals surface area contributed by atoms with E-state index in [4.69, 9.17) is 16.9 Å². The minimum atomic E-state index is -1.57. The highest BCUT2D eigenvalue weighted by Gasteiger charge is 2.34. The Hall–Kier alpha value is -3.75. The molecule has 0 radical (unpaired) electrons. The Labute approximate surface area is 246 Å². The zero-order valence-corrected chi connectivity index (χ0v) is 25.2. The van der Waals surface area contributed by atoms with Crippen molar-refractivity contribution in [3.63, 3.8) is 0 Å². The molecule has 42 heavy (non-hydrogen) atoms. The fourth-order valence-corrected chi connectivity index (χ4v) is 4.11. The molecule has 240 valence electrons. The number of amides is 3. The first-order valence-corrected chi connectivity index (χ1v) is 14.2. The van der Waals surface area contributed by atoms with Crippen LogP contribution in [0.5, 0.6) is 0 Å². The van der Waals surface area contributed by atoms with Gasteiger partial charge in [-0.1, -0.05) is 47.5 Å². The topological polar surface area (TPSA) is 267 Å². The van der Waals surface area contributed by atoms with Crippen LogP contribution in [0, 0.1) is 23.2 Å². The molecule has 1 unspecified atom stereocenters. The third-order valence-corrected chi connectivity index (χ3v) is 6.69. The lowest BCUT2D eigenvalue weighted by Gasteiger charge is -2.27. The average molecular weight is 600 g/mol. The number of ketones is 1. The molecule has 0 spiro atoms. The number of hydrogen-bond donors (Lipinski definition) is 9. The Balaban J connectivity index is 5.66. The molecule has 0 aliphatic rings. The number of hydrogen-bond acceptors (Lipinski definition) is 8. The summed E-state index contributed by atoms with van der Waals surface area (Å²) in [6.45, 7) is 8.83. The summed E-state index contributed by atoms with van der Waals surface area (Å²) < 4.78 is 0. The van der Waals surface area contributed by atoms with Gasteiger partial charge in [0.1, 0.15) is 12.1 Å². The second-order valence-electron chi connectivity index (χ2n) is 11.0. The first kappa shape index (κ1) is 38.2. The van der Waals surface area contributed by atoms with Gasteiger partial charge in [0.2, 0.25) is 17.7 Å². The number of carboxylic acids is 2. The summed E-state index contributed by atoms with van der Waals surface area (Å²) in [6, 6.07) is -4.76. The molecule has 0 aromatic carbocycles. The van der Waals surface area contributed by atoms with Crippen LogP contribution in [0.15, 0.2) is 0 Å². The number of nitrogens with one attached hydrogen (secondary N) is 5. The van der Waals surface area contributed by atoms with Crippen molar-refractivity contribution < 1.29 is 39.0 Å². The van der Waals surface area contributed by atoms with Crippen molar-refractivity contribution in [1.29, 1.82) is 5.41 Å². The summed E-state index contributed by atoms with van der Waals surface area (Å²) in [4.78, 5) is 75.1. The molecule has 0 heterocycles. The molecule has 3 amide bonds. The fourth-order valence-electron chi connectivity index (χ4n) is 4.11. The van der Waals surface area contributed by atoms with Crippen LogP contribution in [0.2, 0.25) is 0 Å². The minimum absolute atomic E-state index is 0.201. The zero-order chi connectivity index (χ0) is 32.6. The molecular formula is C27H49N7O8. The van der Waals surface area contributed by atoms with Crippen molar-refractivity contribution in [3.8, 4) is 0 Å². The van der Waals surface area contributed by atoms with E-state index < -0.39 is 77.9 Å². The first-order chi connectivity index (χ1) is 19.5. The van der Waals surface area contributed by atoms with E-state index in [0.717, 1.165) is 0 Å². The number of guanidine groups is 1. The summed E-state index contributed by atoms with van der Waals surface area (Å²) in [6.07, 6.45) is 0.972. The van der Waals surface area contributed by atoms with Gasteiger partial charge in [0.25, 0.3) is 0 Å². The van der Waals surface area contributed by atoms with Crippen LogP contribution in [-0.2, 0) is 28.8 Å². The lowest BCUT2D eigenvalue weighted by molar-refractivity contribution is -0.146. The first-order valence-electron chi connectivity index (χ1n) is 14.2. The van der Waals surface area contributed by atoms with E-state index in [9.17, 15) is 39.0 Å². The summed E-state index contributed by atoms with van der Waals surface area (Å²) in [5.41, 5.74) is 11.2. The van der Waals surface area contributed by atoms with Crippen molar-refractivity contribution in [1.82, 2.24) is 21.3 Å². The standard InChI is InChI=1S/C27H49N7O8/c1-6-7-10-18(32-23(38)17(28)9-8-11-31-27(29)30)24(39)33-19(13-21(36)37)25(40)34-22(15(4)5)20(35)12-16(14(2)3)26(41)42/h14-19,22H,6-13,28H2,1-5H3,(H,32,38)(H,33,39)(H,34,40)(H,36,37)(H,41,42)(H4,29,30,31)/t16?,17-,18-,19-,22-/m0/s1. The zero-order valence-electron chi connectivity index (χ0n) is 25.2. The maximum Gasteiger partial charge on any atom is 0.307 e. The van der Waals surface area contributed by atoms with Crippen LogP contribution in [0.3, 0.4) is 0 Å². The lowest BCUT2D eigenvalue weighted by atomic mass is 9.86. The van der Waals surface area contributed by atoms with Crippen LogP contribution < -0.4 is 32.7 Å². The third kappa shape index (κ3) is 14.8. The van der Waals surface area contributed by atoms with Crippen LogP contribution >= 0.6 is 0 Å². The van der Waals surface area contributed by atoms with E-state index in [0.29, 0.717) is 25.8 Å². The van der Waals surface area contributed by atoms with Gasteiger partial charge in [-0.25, -0.2) is 0 Å². The highest BCUT2D eigenvalue weighted by molar-refractivity contribution is 5.97. The smallest absolute Gasteiger partial charge is 0.307 e. The highest BCUT2D eigenvalue weighted by Crippen LogP contribution is 2.19. The Morgan fingerprint density at radius 2 is 1.36 bits per heavy atom. The quantitative estimate of drug-likeness (QED) is 0.0468. The summed E-state index contributed by atoms with van der Waals surface area (Å²) >= 11 is 0. The Morgan fingerprint density at radius 1 is 0.786 bits per heavy atom. The molecule has 0 aromatic heterocycles. The predicted octanol–water partition coefficient (Wildman–Crippen LogP) is -0.332. The van der Waals surface area contributed by atoms with E-state index in [1.807, 2.05) is 6.92 Å². The summed E-state index contributed by atoms with van der Waals surface area (Å²) in [5, 5.41) is 36.0. The predicted molar refractivity (Wildman–Crippen MR) is 155 cm³/mol. The largest absolute Gasteiger partial charge is 0.481 e. The van der Waals surface area contributed by atoms with Crippen LogP contribution in [0.4, 0.5) is 0 Å². The van der Waals surface area contributed by atoms with Crippen LogP contribution in [0.1, 0.15) is 79.6 Å². The van der Waals surface area contributed by atoms with Crippen molar-refractivity contribution in [2.24, 2.45) is 29.2 Å². The highest BCUT2D eigenvalue weighted by atomic mass is 16.4. The molecule has 0 bridgehead atoms. The van der Waals surface area contributed by atoms with Gasteiger partial charge in [0.15, 0.2) is 11.7 Å². The van der Waals surface area contributed by atoms with Crippen LogP contribution in [-0.4, -0.2) is 82.3 Å². The maximum absolute atomic E-state index is 13.2. The number of rotatable bonds is 21. The van der Waals surface area contributed by atoms with Gasteiger partial charge in [-0.2, -0.15) is 0 Å². The molecule has 15 heteroatoms. The summed E-state index contributed by atoms with van der Waals surface area (Å²) in [5.74, 6) is -7.36. The molecule has 0 aliphatic carbocycles. The normalized spacial score (nSPS) is 14.7. The Bertz CT molecular complexity index is 957. The second kappa shape index (κ2) is 19.4. The van der Waals surface area contributed by atoms with Gasteiger partial charge in [-0.3, -0.25) is 34.2 Å². The van der Waals surface area contributed by atoms with Crippen molar-refractivity contribution in [3.05, 3.63) is 0 Å². The molecule has 5 atom stereocenters. The minimum Gasteiger partial charge on any atom is -0.481 e. The molecule has 0 aromatic rings. The van der Waals surface area contributed by atoms with Gasteiger partial charge in [-0.15, -0.1) is 0 Å². The third-order valence-electron chi connectivity index (χ3n) is 6.69. The molecule has 15 nitrogen and oxygen atoms in total. The van der Waals surface area contributed by atoms with Crippen molar-refractivity contribution in [2.45, 2.75) is 104 Å². The molecule has 0 saturated carbocycles. The Kier molecular flexibility index (Phi) is 17.7. The fraction of sp³-hybridized carbons (Fsp3) is 0.741. The number of unbranched alkanes of at least 4 members (excludes halogenated alkanes) is 1. The molecule has 11 N–H and O–H groups in total. The van der Waals surface area contributed by atoms with Crippen LogP contribution in [0.25, 0.3) is 0 Å². The van der Waals surface area contributed by atoms with Gasteiger partial charge in [0.05, 0.1) is 24.4 Å². The van der Waals surface area contributed by atoms with Gasteiger partial charge < -0.3 is 42.9 Å². The van der Waals surface area contributed by atoms with E-state index in [1.165, 1.54) is 0 Å². The molecule has 0 saturated heterocycles. The van der Waals surface area contributed by atoms with E-state index in [-0.39, 0.29) is 31.1 Å². The van der Waals surface area contributed by atoms with E-state index in [2.05, 4.69) is 21.3 Å². The Morgan fingerprint density at radius 3 is 1.83 bits per heavy atom. The van der Waals surface area contributed by atoms with Crippen molar-refractivity contribution >= 4 is 41.4 Å². The number of carboxylic acid groups (broad SMARTS) is 2.